The van der Waals surface area contributed by atoms with Crippen LogP contribution >= 0.6 is 0 Å². The second-order valence-corrected chi connectivity index (χ2v) is 2.83. The molecule has 3 nitrogen and oxygen atoms in total. The van der Waals surface area contributed by atoms with Crippen LogP contribution in [0.15, 0.2) is 24.3 Å². The molecule has 0 aliphatic carbocycles. The van der Waals surface area contributed by atoms with E-state index in [-0.39, 0.29) is 0 Å². The van der Waals surface area contributed by atoms with Crippen LogP contribution in [-0.2, 0) is 0 Å². The van der Waals surface area contributed by atoms with Gasteiger partial charge in [-0.25, -0.2) is 0 Å². The number of nitriles is 1. The summed E-state index contributed by atoms with van der Waals surface area (Å²) in [6, 6.07) is 8.72. The number of ether oxygens (including phenoxy) is 1. The zero-order valence-electron chi connectivity index (χ0n) is 7.93. The molecule has 0 bridgehead atoms. The minimum Gasteiger partial charge on any atom is -0.476 e. The average molecular weight is 189 g/mol. The highest BCUT2D eigenvalue weighted by atomic mass is 16.5. The summed E-state index contributed by atoms with van der Waals surface area (Å²) in [5.74, 6) is 0.615. The van der Waals surface area contributed by atoms with Gasteiger partial charge in [0.15, 0.2) is 6.10 Å². The van der Waals surface area contributed by atoms with Crippen molar-refractivity contribution in [2.75, 3.05) is 0 Å². The molecule has 3 heteroatoms. The number of rotatable bonds is 4. The molecular weight excluding hydrogens is 178 g/mol. The largest absolute Gasteiger partial charge is 0.476 e. The molecule has 0 aliphatic rings. The van der Waals surface area contributed by atoms with Gasteiger partial charge in [-0.05, 0) is 30.7 Å². The maximum atomic E-state index is 10.4. The lowest BCUT2D eigenvalue weighted by atomic mass is 10.2. The Balaban J connectivity index is 2.69. The first-order chi connectivity index (χ1) is 6.80. The van der Waals surface area contributed by atoms with Gasteiger partial charge in [0.2, 0.25) is 0 Å². The molecule has 72 valence electrons. The van der Waals surface area contributed by atoms with Crippen molar-refractivity contribution in [3.8, 4) is 11.8 Å². The summed E-state index contributed by atoms with van der Waals surface area (Å²) in [6.07, 6.45) is 0.995. The number of hydrogen-bond donors (Lipinski definition) is 0. The molecular formula is C11H11NO2. The van der Waals surface area contributed by atoms with E-state index in [1.54, 1.807) is 24.3 Å². The van der Waals surface area contributed by atoms with Gasteiger partial charge in [-0.1, -0.05) is 6.92 Å². The van der Waals surface area contributed by atoms with E-state index in [9.17, 15) is 4.79 Å². The molecule has 0 amide bonds. The lowest BCUT2D eigenvalue weighted by Crippen LogP contribution is -2.11. The maximum absolute atomic E-state index is 10.4. The molecule has 0 aromatic heterocycles. The van der Waals surface area contributed by atoms with Crippen molar-refractivity contribution in [1.29, 1.82) is 5.26 Å². The highest BCUT2D eigenvalue weighted by Gasteiger charge is 2.05. The predicted molar refractivity (Wildman–Crippen MR) is 52.1 cm³/mol. The number of nitrogens with zero attached hydrogens (tertiary/aromatic N) is 1. The van der Waals surface area contributed by atoms with Gasteiger partial charge in [0, 0.05) is 5.56 Å². The van der Waals surface area contributed by atoms with Crippen molar-refractivity contribution in [2.45, 2.75) is 19.4 Å². The number of carbonyl (C=O) groups excluding carboxylic acids is 1. The second kappa shape index (κ2) is 5.03. The molecule has 1 aromatic rings. The molecule has 0 spiro atoms. The minimum atomic E-state index is -0.419. The third-order valence-corrected chi connectivity index (χ3v) is 1.81. The molecule has 0 aliphatic heterocycles. The fourth-order valence-electron chi connectivity index (χ4n) is 0.990. The monoisotopic (exact) mass is 189 g/mol. The van der Waals surface area contributed by atoms with Gasteiger partial charge in [0.05, 0.1) is 0 Å². The van der Waals surface area contributed by atoms with Crippen molar-refractivity contribution in [3.05, 3.63) is 29.8 Å². The Hall–Kier alpha value is -1.82. The minimum absolute atomic E-state index is 0.419. The summed E-state index contributed by atoms with van der Waals surface area (Å²) in [5.41, 5.74) is 0.599. The van der Waals surface area contributed by atoms with Gasteiger partial charge >= 0.3 is 0 Å². The highest BCUT2D eigenvalue weighted by molar-refractivity contribution is 5.74. The summed E-state index contributed by atoms with van der Waals surface area (Å²) < 4.78 is 5.34. The standard InChI is InChI=1S/C11H11NO2/c1-2-10(7-12)14-11-5-3-9(8-13)4-6-11/h3-6,8,10H,2H2,1H3. The first-order valence-corrected chi connectivity index (χ1v) is 4.41. The van der Waals surface area contributed by atoms with Crippen molar-refractivity contribution in [1.82, 2.24) is 0 Å². The normalized spacial score (nSPS) is 11.4. The molecule has 0 saturated heterocycles. The molecule has 14 heavy (non-hydrogen) atoms. The van der Waals surface area contributed by atoms with Crippen molar-refractivity contribution in [3.63, 3.8) is 0 Å². The Kier molecular flexibility index (Phi) is 3.69. The Bertz CT molecular complexity index is 337. The molecule has 0 N–H and O–H groups in total. The van der Waals surface area contributed by atoms with Crippen molar-refractivity contribution >= 4 is 6.29 Å². The summed E-state index contributed by atoms with van der Waals surface area (Å²) >= 11 is 0. The van der Waals surface area contributed by atoms with E-state index in [0.717, 1.165) is 6.29 Å². The first kappa shape index (κ1) is 10.3. The highest BCUT2D eigenvalue weighted by Crippen LogP contribution is 2.13. The topological polar surface area (TPSA) is 50.1 Å². The molecule has 0 fully saturated rings. The number of aldehydes is 1. The molecule has 1 aromatic carbocycles. The van der Waals surface area contributed by atoms with Crippen LogP contribution < -0.4 is 4.74 Å². The summed E-state index contributed by atoms with van der Waals surface area (Å²) in [4.78, 5) is 10.4. The Morgan fingerprint density at radius 2 is 2.14 bits per heavy atom. The molecule has 0 radical (unpaired) electrons. The Morgan fingerprint density at radius 3 is 2.57 bits per heavy atom. The van der Waals surface area contributed by atoms with E-state index >= 15 is 0 Å². The van der Waals surface area contributed by atoms with Gasteiger partial charge in [0.1, 0.15) is 18.1 Å². The fourth-order valence-corrected chi connectivity index (χ4v) is 0.990. The van der Waals surface area contributed by atoms with Crippen LogP contribution in [0.2, 0.25) is 0 Å². The van der Waals surface area contributed by atoms with Gasteiger partial charge < -0.3 is 4.74 Å². The van der Waals surface area contributed by atoms with Crippen LogP contribution in [-0.4, -0.2) is 12.4 Å². The van der Waals surface area contributed by atoms with Crippen molar-refractivity contribution in [2.24, 2.45) is 0 Å². The van der Waals surface area contributed by atoms with E-state index in [0.29, 0.717) is 17.7 Å². The van der Waals surface area contributed by atoms with Gasteiger partial charge in [-0.2, -0.15) is 5.26 Å². The molecule has 1 unspecified atom stereocenters. The summed E-state index contributed by atoms with van der Waals surface area (Å²) in [5, 5.41) is 8.66. The lowest BCUT2D eigenvalue weighted by Gasteiger charge is -2.09. The third-order valence-electron chi connectivity index (χ3n) is 1.81. The van der Waals surface area contributed by atoms with E-state index in [2.05, 4.69) is 0 Å². The Morgan fingerprint density at radius 1 is 1.50 bits per heavy atom. The Labute approximate surface area is 82.9 Å². The molecule has 1 rings (SSSR count). The number of benzene rings is 1. The molecule has 1 atom stereocenters. The van der Waals surface area contributed by atoms with Crippen LogP contribution in [0.3, 0.4) is 0 Å². The maximum Gasteiger partial charge on any atom is 0.184 e. The molecule has 0 saturated carbocycles. The van der Waals surface area contributed by atoms with E-state index in [1.807, 2.05) is 13.0 Å². The van der Waals surface area contributed by atoms with Gasteiger partial charge in [-0.15, -0.1) is 0 Å². The van der Waals surface area contributed by atoms with Crippen LogP contribution in [0.25, 0.3) is 0 Å². The van der Waals surface area contributed by atoms with Crippen LogP contribution in [0.1, 0.15) is 23.7 Å². The van der Waals surface area contributed by atoms with E-state index in [4.69, 9.17) is 10.00 Å². The van der Waals surface area contributed by atoms with E-state index in [1.165, 1.54) is 0 Å². The van der Waals surface area contributed by atoms with Crippen LogP contribution in [0.4, 0.5) is 0 Å². The lowest BCUT2D eigenvalue weighted by molar-refractivity contribution is 0.112. The van der Waals surface area contributed by atoms with Gasteiger partial charge in [-0.3, -0.25) is 4.79 Å². The zero-order valence-corrected chi connectivity index (χ0v) is 7.93. The van der Waals surface area contributed by atoms with Crippen LogP contribution in [0, 0.1) is 11.3 Å². The number of carbonyl (C=O) groups is 1. The predicted octanol–water partition coefficient (Wildman–Crippen LogP) is 2.18. The van der Waals surface area contributed by atoms with Gasteiger partial charge in [0.25, 0.3) is 0 Å². The fraction of sp³-hybridized carbons (Fsp3) is 0.273. The summed E-state index contributed by atoms with van der Waals surface area (Å²) in [7, 11) is 0. The quantitative estimate of drug-likeness (QED) is 0.682. The molecule has 0 heterocycles. The van der Waals surface area contributed by atoms with Crippen molar-refractivity contribution < 1.29 is 9.53 Å². The number of hydrogen-bond acceptors (Lipinski definition) is 3. The summed E-state index contributed by atoms with van der Waals surface area (Å²) in [6.45, 7) is 1.88. The first-order valence-electron chi connectivity index (χ1n) is 4.41. The van der Waals surface area contributed by atoms with E-state index < -0.39 is 6.10 Å². The zero-order chi connectivity index (χ0) is 10.4. The smallest absolute Gasteiger partial charge is 0.184 e. The average Bonchev–Trinajstić information content (AvgIpc) is 2.26. The second-order valence-electron chi connectivity index (χ2n) is 2.83. The third kappa shape index (κ3) is 2.60. The van der Waals surface area contributed by atoms with Crippen LogP contribution in [0.5, 0.6) is 5.75 Å². The SMILES string of the molecule is CCC(C#N)Oc1ccc(C=O)cc1.